The van der Waals surface area contributed by atoms with Gasteiger partial charge in [-0.1, -0.05) is 0 Å². The first-order chi connectivity index (χ1) is 4.70. The molecular formula is C6H6F2N2. The second kappa shape index (κ2) is 1.56. The van der Waals surface area contributed by atoms with Gasteiger partial charge in [0, 0.05) is 18.8 Å². The van der Waals surface area contributed by atoms with Crippen LogP contribution < -0.4 is 0 Å². The highest BCUT2D eigenvalue weighted by Gasteiger charge is 2.58. The zero-order chi connectivity index (χ0) is 7.19. The Balaban J connectivity index is 2.19. The zero-order valence-electron chi connectivity index (χ0n) is 5.17. The van der Waals surface area contributed by atoms with Crippen LogP contribution in [0.25, 0.3) is 0 Å². The second-order valence-corrected chi connectivity index (χ2v) is 2.47. The minimum atomic E-state index is -2.51. The number of hydrogen-bond donors (Lipinski definition) is 0. The molecule has 0 amide bonds. The number of rotatable bonds is 1. The maximum atomic E-state index is 12.3. The van der Waals surface area contributed by atoms with E-state index in [1.165, 1.54) is 10.9 Å². The highest BCUT2D eigenvalue weighted by molar-refractivity contribution is 5.01. The largest absolute Gasteiger partial charge is 0.272 e. The second-order valence-electron chi connectivity index (χ2n) is 2.47. The highest BCUT2D eigenvalue weighted by Crippen LogP contribution is 2.51. The van der Waals surface area contributed by atoms with Gasteiger partial charge >= 0.3 is 0 Å². The Bertz CT molecular complexity index is 230. The molecule has 2 rings (SSSR count). The lowest BCUT2D eigenvalue weighted by Gasteiger charge is -1.95. The molecule has 0 radical (unpaired) electrons. The summed E-state index contributed by atoms with van der Waals surface area (Å²) < 4.78 is 25.9. The minimum Gasteiger partial charge on any atom is -0.263 e. The molecule has 1 aliphatic carbocycles. The molecule has 54 valence electrons. The van der Waals surface area contributed by atoms with Gasteiger partial charge in [-0.15, -0.1) is 0 Å². The molecular weight excluding hydrogens is 138 g/mol. The van der Waals surface area contributed by atoms with Gasteiger partial charge in [-0.2, -0.15) is 5.10 Å². The Morgan fingerprint density at radius 1 is 1.60 bits per heavy atom. The number of alkyl halides is 2. The molecule has 1 saturated carbocycles. The average molecular weight is 144 g/mol. The van der Waals surface area contributed by atoms with Gasteiger partial charge < -0.3 is 0 Å². The molecule has 0 bridgehead atoms. The molecule has 0 N–H and O–H groups in total. The lowest BCUT2D eigenvalue weighted by molar-refractivity contribution is 0.0983. The molecule has 0 aliphatic heterocycles. The van der Waals surface area contributed by atoms with Crippen molar-refractivity contribution in [3.05, 3.63) is 18.5 Å². The van der Waals surface area contributed by atoms with Crippen LogP contribution in [0.15, 0.2) is 18.5 Å². The standard InChI is InChI=1S/C6H6F2N2/c7-6(8)4-5(6)10-3-1-2-9-10/h1-3,5H,4H2. The number of hydrogen-bond acceptors (Lipinski definition) is 1. The van der Waals surface area contributed by atoms with Crippen LogP contribution in [-0.4, -0.2) is 15.7 Å². The van der Waals surface area contributed by atoms with E-state index in [1.807, 2.05) is 0 Å². The molecule has 1 aromatic heterocycles. The van der Waals surface area contributed by atoms with E-state index in [-0.39, 0.29) is 6.42 Å². The van der Waals surface area contributed by atoms with Crippen LogP contribution in [0, 0.1) is 0 Å². The Labute approximate surface area is 56.5 Å². The Morgan fingerprint density at radius 2 is 2.30 bits per heavy atom. The molecule has 1 fully saturated rings. The maximum Gasteiger partial charge on any atom is 0.272 e. The maximum absolute atomic E-state index is 12.3. The molecule has 1 atom stereocenters. The predicted molar refractivity (Wildman–Crippen MR) is 30.8 cm³/mol. The average Bonchev–Trinajstić information content (AvgIpc) is 2.31. The van der Waals surface area contributed by atoms with E-state index >= 15 is 0 Å². The fraction of sp³-hybridized carbons (Fsp3) is 0.500. The van der Waals surface area contributed by atoms with Crippen molar-refractivity contribution in [1.82, 2.24) is 9.78 Å². The van der Waals surface area contributed by atoms with E-state index in [0.29, 0.717) is 0 Å². The summed E-state index contributed by atoms with van der Waals surface area (Å²) in [6, 6.07) is 0.969. The molecule has 1 aromatic rings. The van der Waals surface area contributed by atoms with Crippen molar-refractivity contribution in [1.29, 1.82) is 0 Å². The first-order valence-electron chi connectivity index (χ1n) is 3.07. The van der Waals surface area contributed by atoms with E-state index in [4.69, 9.17) is 0 Å². The summed E-state index contributed by atoms with van der Waals surface area (Å²) in [5.41, 5.74) is 0. The fourth-order valence-electron chi connectivity index (χ4n) is 0.951. The van der Waals surface area contributed by atoms with Gasteiger partial charge in [0.1, 0.15) is 6.04 Å². The summed E-state index contributed by atoms with van der Waals surface area (Å²) in [7, 11) is 0. The van der Waals surface area contributed by atoms with Crippen LogP contribution in [-0.2, 0) is 0 Å². The molecule has 1 unspecified atom stereocenters. The van der Waals surface area contributed by atoms with Crippen LogP contribution in [0.3, 0.4) is 0 Å². The quantitative estimate of drug-likeness (QED) is 0.583. The number of aromatic nitrogens is 2. The van der Waals surface area contributed by atoms with Gasteiger partial charge in [0.15, 0.2) is 0 Å². The van der Waals surface area contributed by atoms with Gasteiger partial charge in [-0.05, 0) is 6.07 Å². The highest BCUT2D eigenvalue weighted by atomic mass is 19.3. The molecule has 1 aliphatic rings. The van der Waals surface area contributed by atoms with E-state index in [0.717, 1.165) is 0 Å². The van der Waals surface area contributed by atoms with Gasteiger partial charge in [0.25, 0.3) is 5.92 Å². The van der Waals surface area contributed by atoms with Gasteiger partial charge in [-0.3, -0.25) is 4.68 Å². The normalized spacial score (nSPS) is 28.4. The summed E-state index contributed by atoms with van der Waals surface area (Å²) in [6.07, 6.45) is 3.01. The molecule has 0 spiro atoms. The van der Waals surface area contributed by atoms with Crippen molar-refractivity contribution >= 4 is 0 Å². The van der Waals surface area contributed by atoms with Crippen molar-refractivity contribution in [2.75, 3.05) is 0 Å². The summed E-state index contributed by atoms with van der Waals surface area (Å²) in [5, 5.41) is 3.71. The summed E-state index contributed by atoms with van der Waals surface area (Å²) in [6.45, 7) is 0. The Kier molecular flexibility index (Phi) is 0.910. The van der Waals surface area contributed by atoms with E-state index in [1.54, 1.807) is 12.3 Å². The van der Waals surface area contributed by atoms with Crippen molar-refractivity contribution < 1.29 is 8.78 Å². The zero-order valence-corrected chi connectivity index (χ0v) is 5.17. The van der Waals surface area contributed by atoms with Crippen molar-refractivity contribution in [3.63, 3.8) is 0 Å². The monoisotopic (exact) mass is 144 g/mol. The van der Waals surface area contributed by atoms with Gasteiger partial charge in [0.2, 0.25) is 0 Å². The van der Waals surface area contributed by atoms with Crippen LogP contribution in [0.1, 0.15) is 12.5 Å². The van der Waals surface area contributed by atoms with Crippen LogP contribution in [0.5, 0.6) is 0 Å². The summed E-state index contributed by atoms with van der Waals surface area (Å²) in [4.78, 5) is 0. The van der Waals surface area contributed by atoms with Crippen molar-refractivity contribution in [2.24, 2.45) is 0 Å². The lowest BCUT2D eigenvalue weighted by Crippen LogP contribution is -2.01. The molecule has 10 heavy (non-hydrogen) atoms. The Hall–Kier alpha value is -0.930. The topological polar surface area (TPSA) is 17.8 Å². The number of halogens is 2. The first kappa shape index (κ1) is 5.82. The third-order valence-corrected chi connectivity index (χ3v) is 1.64. The van der Waals surface area contributed by atoms with E-state index < -0.39 is 12.0 Å². The van der Waals surface area contributed by atoms with Crippen molar-refractivity contribution in [3.8, 4) is 0 Å². The fourth-order valence-corrected chi connectivity index (χ4v) is 0.951. The summed E-state index contributed by atoms with van der Waals surface area (Å²) in [5.74, 6) is -2.51. The molecule has 1 heterocycles. The van der Waals surface area contributed by atoms with Gasteiger partial charge in [0.05, 0.1) is 0 Å². The SMILES string of the molecule is FC1(F)CC1n1cccn1. The third-order valence-electron chi connectivity index (χ3n) is 1.64. The van der Waals surface area contributed by atoms with Crippen LogP contribution in [0.4, 0.5) is 8.78 Å². The molecule has 0 saturated heterocycles. The number of nitrogens with zero attached hydrogens (tertiary/aromatic N) is 2. The summed E-state index contributed by atoms with van der Waals surface area (Å²) >= 11 is 0. The minimum absolute atomic E-state index is 0.0608. The van der Waals surface area contributed by atoms with Crippen LogP contribution >= 0.6 is 0 Å². The Morgan fingerprint density at radius 3 is 2.70 bits per heavy atom. The van der Waals surface area contributed by atoms with Gasteiger partial charge in [-0.25, -0.2) is 8.78 Å². The van der Waals surface area contributed by atoms with E-state index in [2.05, 4.69) is 5.10 Å². The van der Waals surface area contributed by atoms with Crippen LogP contribution in [0.2, 0.25) is 0 Å². The van der Waals surface area contributed by atoms with E-state index in [9.17, 15) is 8.78 Å². The third kappa shape index (κ3) is 0.716. The molecule has 0 aromatic carbocycles. The molecule has 2 nitrogen and oxygen atoms in total. The lowest BCUT2D eigenvalue weighted by atomic mass is 10.6. The first-order valence-corrected chi connectivity index (χ1v) is 3.07. The predicted octanol–water partition coefficient (Wildman–Crippen LogP) is 1.46. The molecule has 4 heteroatoms. The van der Waals surface area contributed by atoms with Crippen molar-refractivity contribution in [2.45, 2.75) is 18.4 Å². The smallest absolute Gasteiger partial charge is 0.263 e.